The second-order valence-electron chi connectivity index (χ2n) is 3.78. The number of pyridine rings is 1. The third kappa shape index (κ3) is 2.60. The van der Waals surface area contributed by atoms with E-state index in [9.17, 15) is 14.7 Å². The first-order chi connectivity index (χ1) is 9.13. The minimum Gasteiger partial charge on any atom is -0.545 e. The first-order valence-corrected chi connectivity index (χ1v) is 5.47. The van der Waals surface area contributed by atoms with Crippen LogP contribution in [0.15, 0.2) is 42.7 Å². The highest BCUT2D eigenvalue weighted by Crippen LogP contribution is 2.24. The highest BCUT2D eigenvalue weighted by molar-refractivity contribution is 5.98. The highest BCUT2D eigenvalue weighted by Gasteiger charge is 2.12. The molecule has 0 N–H and O–H groups in total. The molecular formula is C14H10NO4-. The number of aromatic nitrogens is 1. The number of ether oxygens (including phenoxy) is 1. The molecule has 1 aromatic heterocycles. The molecule has 2 aromatic rings. The monoisotopic (exact) mass is 256 g/mol. The number of carbonyl (C=O) groups excluding carboxylic acids is 2. The largest absolute Gasteiger partial charge is 0.545 e. The molecule has 0 atom stereocenters. The lowest BCUT2D eigenvalue weighted by Crippen LogP contribution is -2.23. The molecule has 0 spiro atoms. The number of carboxylic acid groups (broad SMARTS) is 1. The van der Waals surface area contributed by atoms with Gasteiger partial charge in [-0.25, -0.2) is 4.79 Å². The molecule has 5 nitrogen and oxygen atoms in total. The molecule has 0 radical (unpaired) electrons. The van der Waals surface area contributed by atoms with Gasteiger partial charge in [-0.05, 0) is 23.8 Å². The van der Waals surface area contributed by atoms with E-state index in [1.165, 1.54) is 31.5 Å². The number of carbonyl (C=O) groups is 2. The zero-order valence-electron chi connectivity index (χ0n) is 10.1. The molecule has 0 aliphatic heterocycles. The summed E-state index contributed by atoms with van der Waals surface area (Å²) >= 11 is 0. The van der Waals surface area contributed by atoms with Gasteiger partial charge in [0, 0.05) is 23.5 Å². The van der Waals surface area contributed by atoms with Crippen LogP contribution in [0.5, 0.6) is 0 Å². The van der Waals surface area contributed by atoms with Gasteiger partial charge < -0.3 is 14.6 Å². The Morgan fingerprint density at radius 3 is 2.63 bits per heavy atom. The first-order valence-electron chi connectivity index (χ1n) is 5.47. The lowest BCUT2D eigenvalue weighted by molar-refractivity contribution is -0.254. The second kappa shape index (κ2) is 5.30. The van der Waals surface area contributed by atoms with Crippen molar-refractivity contribution in [2.24, 2.45) is 0 Å². The summed E-state index contributed by atoms with van der Waals surface area (Å²) in [6.45, 7) is 0. The van der Waals surface area contributed by atoms with Gasteiger partial charge >= 0.3 is 5.97 Å². The van der Waals surface area contributed by atoms with Crippen LogP contribution in [0.25, 0.3) is 11.1 Å². The van der Waals surface area contributed by atoms with Gasteiger partial charge in [0.15, 0.2) is 0 Å². The number of carboxylic acids is 1. The minimum absolute atomic E-state index is 0.000605. The van der Waals surface area contributed by atoms with Crippen LogP contribution >= 0.6 is 0 Å². The molecule has 0 aliphatic rings. The van der Waals surface area contributed by atoms with E-state index in [1.54, 1.807) is 18.3 Å². The van der Waals surface area contributed by atoms with E-state index in [0.717, 1.165) is 0 Å². The summed E-state index contributed by atoms with van der Waals surface area (Å²) in [4.78, 5) is 26.5. The van der Waals surface area contributed by atoms with Crippen molar-refractivity contribution in [1.82, 2.24) is 4.98 Å². The summed E-state index contributed by atoms with van der Waals surface area (Å²) in [5.41, 5.74) is 1.23. The van der Waals surface area contributed by atoms with Crippen molar-refractivity contribution in [3.63, 3.8) is 0 Å². The quantitative estimate of drug-likeness (QED) is 0.762. The predicted molar refractivity (Wildman–Crippen MR) is 65.3 cm³/mol. The normalized spacial score (nSPS) is 9.95. The Hall–Kier alpha value is -2.69. The Labute approximate surface area is 109 Å². The Morgan fingerprint density at radius 1 is 1.26 bits per heavy atom. The van der Waals surface area contributed by atoms with E-state index < -0.39 is 11.9 Å². The van der Waals surface area contributed by atoms with E-state index in [4.69, 9.17) is 0 Å². The Kier molecular flexibility index (Phi) is 3.56. The minimum atomic E-state index is -1.31. The van der Waals surface area contributed by atoms with Crippen molar-refractivity contribution >= 4 is 11.9 Å². The highest BCUT2D eigenvalue weighted by atomic mass is 16.5. The molecule has 1 aromatic carbocycles. The Bertz CT molecular complexity index is 623. The average molecular weight is 256 g/mol. The van der Waals surface area contributed by atoms with Crippen molar-refractivity contribution in [2.45, 2.75) is 0 Å². The first kappa shape index (κ1) is 12.8. The van der Waals surface area contributed by atoms with Crippen LogP contribution in [0, 0.1) is 0 Å². The number of methoxy groups -OCH3 is 1. The van der Waals surface area contributed by atoms with E-state index in [-0.39, 0.29) is 11.1 Å². The second-order valence-corrected chi connectivity index (χ2v) is 3.78. The van der Waals surface area contributed by atoms with E-state index >= 15 is 0 Å². The maximum Gasteiger partial charge on any atom is 0.337 e. The van der Waals surface area contributed by atoms with Gasteiger partial charge in [0.05, 0.1) is 18.6 Å². The van der Waals surface area contributed by atoms with Gasteiger partial charge in [-0.3, -0.25) is 4.98 Å². The van der Waals surface area contributed by atoms with E-state index in [2.05, 4.69) is 9.72 Å². The number of hydrogen-bond donors (Lipinski definition) is 0. The maximum absolute atomic E-state index is 11.5. The van der Waals surface area contributed by atoms with Gasteiger partial charge in [0.25, 0.3) is 0 Å². The third-order valence-corrected chi connectivity index (χ3v) is 2.63. The fraction of sp³-hybridized carbons (Fsp3) is 0.0714. The van der Waals surface area contributed by atoms with Crippen LogP contribution in [-0.2, 0) is 4.74 Å². The summed E-state index contributed by atoms with van der Waals surface area (Å²) in [5, 5.41) is 11.1. The maximum atomic E-state index is 11.5. The topological polar surface area (TPSA) is 79.3 Å². The SMILES string of the molecule is COC(=O)c1ccc(C(=O)[O-])c(-c2cccnc2)c1. The molecule has 19 heavy (non-hydrogen) atoms. The van der Waals surface area contributed by atoms with Crippen LogP contribution in [0.1, 0.15) is 20.7 Å². The van der Waals surface area contributed by atoms with Gasteiger partial charge in [-0.2, -0.15) is 0 Å². The van der Waals surface area contributed by atoms with Crippen molar-refractivity contribution < 1.29 is 19.4 Å². The molecule has 0 amide bonds. The Morgan fingerprint density at radius 2 is 2.05 bits per heavy atom. The molecule has 0 bridgehead atoms. The van der Waals surface area contributed by atoms with Gasteiger partial charge in [0.2, 0.25) is 0 Å². The Balaban J connectivity index is 2.61. The average Bonchev–Trinajstić information content (AvgIpc) is 2.46. The van der Waals surface area contributed by atoms with Crippen LogP contribution in [0.4, 0.5) is 0 Å². The van der Waals surface area contributed by atoms with Crippen molar-refractivity contribution in [3.05, 3.63) is 53.9 Å². The molecule has 0 saturated heterocycles. The molecule has 1 heterocycles. The predicted octanol–water partition coefficient (Wildman–Crippen LogP) is 0.899. The number of rotatable bonds is 3. The van der Waals surface area contributed by atoms with Crippen LogP contribution in [0.3, 0.4) is 0 Å². The third-order valence-electron chi connectivity index (χ3n) is 2.63. The number of esters is 1. The lowest BCUT2D eigenvalue weighted by Gasteiger charge is -2.11. The standard InChI is InChI=1S/C14H11NO4/c1-19-14(18)9-4-5-11(13(16)17)12(7-9)10-3-2-6-15-8-10/h2-8H,1H3,(H,16,17)/p-1. The van der Waals surface area contributed by atoms with Gasteiger partial charge in [0.1, 0.15) is 0 Å². The lowest BCUT2D eigenvalue weighted by atomic mass is 9.98. The smallest absolute Gasteiger partial charge is 0.337 e. The number of nitrogens with zero attached hydrogens (tertiary/aromatic N) is 1. The summed E-state index contributed by atoms with van der Waals surface area (Å²) in [5.74, 6) is -1.84. The number of aromatic carboxylic acids is 1. The van der Waals surface area contributed by atoms with Gasteiger partial charge in [-0.1, -0.05) is 12.1 Å². The fourth-order valence-corrected chi connectivity index (χ4v) is 1.73. The van der Waals surface area contributed by atoms with Gasteiger partial charge in [-0.15, -0.1) is 0 Å². The molecule has 5 heteroatoms. The zero-order valence-corrected chi connectivity index (χ0v) is 10.1. The molecule has 2 rings (SSSR count). The molecule has 0 saturated carbocycles. The summed E-state index contributed by atoms with van der Waals surface area (Å²) in [7, 11) is 1.26. The van der Waals surface area contributed by atoms with Crippen molar-refractivity contribution in [2.75, 3.05) is 7.11 Å². The summed E-state index contributed by atoms with van der Waals surface area (Å²) in [6.07, 6.45) is 3.09. The van der Waals surface area contributed by atoms with Crippen LogP contribution in [-0.4, -0.2) is 24.0 Å². The number of hydrogen-bond acceptors (Lipinski definition) is 5. The van der Waals surface area contributed by atoms with E-state index in [1.807, 2.05) is 0 Å². The van der Waals surface area contributed by atoms with Crippen LogP contribution in [0.2, 0.25) is 0 Å². The molecule has 0 aliphatic carbocycles. The molecule has 0 unspecified atom stereocenters. The van der Waals surface area contributed by atoms with Crippen molar-refractivity contribution in [1.29, 1.82) is 0 Å². The zero-order chi connectivity index (χ0) is 13.8. The number of benzene rings is 1. The summed E-state index contributed by atoms with van der Waals surface area (Å²) in [6, 6.07) is 7.55. The molecule has 96 valence electrons. The van der Waals surface area contributed by atoms with Crippen LogP contribution < -0.4 is 5.11 Å². The van der Waals surface area contributed by atoms with E-state index in [0.29, 0.717) is 11.1 Å². The van der Waals surface area contributed by atoms with Crippen molar-refractivity contribution in [3.8, 4) is 11.1 Å². The molecular weight excluding hydrogens is 246 g/mol. The summed E-state index contributed by atoms with van der Waals surface area (Å²) < 4.78 is 4.61. The molecule has 0 fully saturated rings. The fourth-order valence-electron chi connectivity index (χ4n) is 1.73.